The van der Waals surface area contributed by atoms with Crippen LogP contribution in [0, 0.1) is 40.4 Å². The van der Waals surface area contributed by atoms with Gasteiger partial charge in [0.05, 0.1) is 18.1 Å². The first-order chi connectivity index (χ1) is 12.9. The zero-order chi connectivity index (χ0) is 19.6. The van der Waals surface area contributed by atoms with E-state index < -0.39 is 23.6 Å². The third-order valence-electron chi connectivity index (χ3n) is 5.30. The van der Waals surface area contributed by atoms with Crippen molar-refractivity contribution < 1.29 is 19.1 Å². The van der Waals surface area contributed by atoms with Gasteiger partial charge in [-0.15, -0.1) is 0 Å². The molecular weight excluding hydrogens is 344 g/mol. The Kier molecular flexibility index (Phi) is 5.01. The summed E-state index contributed by atoms with van der Waals surface area (Å²) in [6.07, 6.45) is 2.36. The lowest BCUT2D eigenvalue weighted by molar-refractivity contribution is -0.225. The summed E-state index contributed by atoms with van der Waals surface area (Å²) in [7, 11) is 0. The standard InChI is InChI=1S/C21H20N2O4/c1-13(24)26-21(27-14(2)25)9-16-8-17(11-22)19(12-23)20(18(16)10-21)15-6-4-3-5-7-15/h3-8,16,18-20H,9-10H2,1-2H3/t16-,18-,19-,20+/m1/s1. The number of rotatable bonds is 3. The molecule has 1 saturated carbocycles. The minimum atomic E-state index is -1.36. The molecule has 1 aromatic rings. The molecule has 0 N–H and O–H groups in total. The summed E-state index contributed by atoms with van der Waals surface area (Å²) in [6, 6.07) is 14.0. The van der Waals surface area contributed by atoms with Crippen LogP contribution in [0.2, 0.25) is 0 Å². The summed E-state index contributed by atoms with van der Waals surface area (Å²) in [5, 5.41) is 19.3. The first-order valence-corrected chi connectivity index (χ1v) is 8.84. The molecule has 4 atom stereocenters. The predicted octanol–water partition coefficient (Wildman–Crippen LogP) is 3.22. The normalized spacial score (nSPS) is 28.1. The molecule has 0 heterocycles. The van der Waals surface area contributed by atoms with E-state index in [1.807, 2.05) is 30.3 Å². The molecule has 0 amide bonds. The van der Waals surface area contributed by atoms with Crippen molar-refractivity contribution in [1.29, 1.82) is 10.5 Å². The zero-order valence-corrected chi connectivity index (χ0v) is 15.2. The number of carbonyl (C=O) groups is 2. The van der Waals surface area contributed by atoms with Gasteiger partial charge in [-0.05, 0) is 17.4 Å². The van der Waals surface area contributed by atoms with Gasteiger partial charge in [-0.25, -0.2) is 0 Å². The molecule has 138 valence electrons. The summed E-state index contributed by atoms with van der Waals surface area (Å²) in [5.41, 5.74) is 1.36. The van der Waals surface area contributed by atoms with Crippen LogP contribution >= 0.6 is 0 Å². The SMILES string of the molecule is CC(=O)OC1(OC(C)=O)C[C@H]2[C@H](c3ccccc3)[C@H](C#N)C(C#N)=C[C@@H]2C1. The van der Waals surface area contributed by atoms with Gasteiger partial charge >= 0.3 is 11.9 Å². The molecule has 1 aromatic carbocycles. The smallest absolute Gasteiger partial charge is 0.305 e. The summed E-state index contributed by atoms with van der Waals surface area (Å²) >= 11 is 0. The minimum Gasteiger partial charge on any atom is -0.423 e. The van der Waals surface area contributed by atoms with E-state index in [4.69, 9.17) is 9.47 Å². The highest BCUT2D eigenvalue weighted by molar-refractivity contribution is 5.69. The Morgan fingerprint density at radius 2 is 1.70 bits per heavy atom. The molecule has 0 aromatic heterocycles. The molecular formula is C21H20N2O4. The van der Waals surface area contributed by atoms with E-state index in [9.17, 15) is 20.1 Å². The van der Waals surface area contributed by atoms with Gasteiger partial charge < -0.3 is 9.47 Å². The van der Waals surface area contributed by atoms with Crippen LogP contribution < -0.4 is 0 Å². The van der Waals surface area contributed by atoms with Crippen LogP contribution in [-0.2, 0) is 19.1 Å². The van der Waals surface area contributed by atoms with Crippen molar-refractivity contribution >= 4 is 11.9 Å². The number of hydrogen-bond donors (Lipinski definition) is 0. The third kappa shape index (κ3) is 3.57. The molecule has 0 unspecified atom stereocenters. The highest BCUT2D eigenvalue weighted by Gasteiger charge is 2.55. The zero-order valence-electron chi connectivity index (χ0n) is 15.2. The predicted molar refractivity (Wildman–Crippen MR) is 94.5 cm³/mol. The first-order valence-electron chi connectivity index (χ1n) is 8.84. The van der Waals surface area contributed by atoms with Crippen LogP contribution in [0.4, 0.5) is 0 Å². The number of nitrogens with zero attached hydrogens (tertiary/aromatic N) is 2. The molecule has 0 aliphatic heterocycles. The van der Waals surface area contributed by atoms with E-state index >= 15 is 0 Å². The van der Waals surface area contributed by atoms with E-state index in [-0.39, 0.29) is 24.2 Å². The van der Waals surface area contributed by atoms with E-state index in [1.54, 1.807) is 6.08 Å². The Bertz CT molecular complexity index is 846. The number of esters is 2. The Labute approximate surface area is 158 Å². The van der Waals surface area contributed by atoms with E-state index in [2.05, 4.69) is 12.1 Å². The van der Waals surface area contributed by atoms with E-state index in [0.29, 0.717) is 12.0 Å². The van der Waals surface area contributed by atoms with Gasteiger partial charge in [-0.3, -0.25) is 9.59 Å². The molecule has 2 aliphatic carbocycles. The van der Waals surface area contributed by atoms with Crippen LogP contribution in [0.15, 0.2) is 42.0 Å². The van der Waals surface area contributed by atoms with Crippen molar-refractivity contribution in [3.63, 3.8) is 0 Å². The van der Waals surface area contributed by atoms with Crippen molar-refractivity contribution in [1.82, 2.24) is 0 Å². The van der Waals surface area contributed by atoms with Gasteiger partial charge in [0.1, 0.15) is 0 Å². The Morgan fingerprint density at radius 1 is 1.07 bits per heavy atom. The van der Waals surface area contributed by atoms with Crippen LogP contribution in [0.5, 0.6) is 0 Å². The van der Waals surface area contributed by atoms with Gasteiger partial charge in [-0.1, -0.05) is 36.4 Å². The van der Waals surface area contributed by atoms with Crippen LogP contribution in [0.3, 0.4) is 0 Å². The monoisotopic (exact) mass is 364 g/mol. The van der Waals surface area contributed by atoms with Crippen molar-refractivity contribution in [3.05, 3.63) is 47.5 Å². The average molecular weight is 364 g/mol. The maximum Gasteiger partial charge on any atom is 0.305 e. The Morgan fingerprint density at radius 3 is 2.22 bits per heavy atom. The molecule has 6 nitrogen and oxygen atoms in total. The maximum atomic E-state index is 11.7. The molecule has 0 saturated heterocycles. The molecule has 0 radical (unpaired) electrons. The second-order valence-corrected chi connectivity index (χ2v) is 7.11. The molecule has 2 aliphatic rings. The summed E-state index contributed by atoms with van der Waals surface area (Å²) in [5.74, 6) is -3.49. The first kappa shape index (κ1) is 18.7. The summed E-state index contributed by atoms with van der Waals surface area (Å²) in [4.78, 5) is 23.3. The van der Waals surface area contributed by atoms with Crippen LogP contribution in [0.1, 0.15) is 38.2 Å². The average Bonchev–Trinajstić information content (AvgIpc) is 2.95. The maximum absolute atomic E-state index is 11.7. The van der Waals surface area contributed by atoms with Crippen molar-refractivity contribution in [2.45, 2.75) is 38.4 Å². The number of hydrogen-bond acceptors (Lipinski definition) is 6. The molecule has 6 heteroatoms. The van der Waals surface area contributed by atoms with Gasteiger partial charge in [0.15, 0.2) is 0 Å². The number of ether oxygens (including phenoxy) is 2. The molecule has 0 bridgehead atoms. The summed E-state index contributed by atoms with van der Waals surface area (Å²) < 4.78 is 10.9. The third-order valence-corrected chi connectivity index (χ3v) is 5.30. The lowest BCUT2D eigenvalue weighted by atomic mass is 9.66. The largest absolute Gasteiger partial charge is 0.423 e. The molecule has 27 heavy (non-hydrogen) atoms. The van der Waals surface area contributed by atoms with Crippen molar-refractivity contribution in [2.24, 2.45) is 17.8 Å². The number of carbonyl (C=O) groups excluding carboxylic acids is 2. The number of nitriles is 2. The minimum absolute atomic E-state index is 0.0900. The van der Waals surface area contributed by atoms with Crippen molar-refractivity contribution in [3.8, 4) is 12.1 Å². The van der Waals surface area contributed by atoms with Gasteiger partial charge in [0.25, 0.3) is 5.79 Å². The Hall–Kier alpha value is -3.12. The second-order valence-electron chi connectivity index (χ2n) is 7.11. The fourth-order valence-corrected chi connectivity index (χ4v) is 4.54. The van der Waals surface area contributed by atoms with Gasteiger partial charge in [0, 0.05) is 38.2 Å². The van der Waals surface area contributed by atoms with Crippen LogP contribution in [-0.4, -0.2) is 17.7 Å². The highest BCUT2D eigenvalue weighted by Crippen LogP contribution is 2.55. The fraction of sp³-hybridized carbons (Fsp3) is 0.429. The number of benzene rings is 1. The highest BCUT2D eigenvalue weighted by atomic mass is 16.7. The summed E-state index contributed by atoms with van der Waals surface area (Å²) in [6.45, 7) is 2.55. The fourth-order valence-electron chi connectivity index (χ4n) is 4.54. The van der Waals surface area contributed by atoms with E-state index in [0.717, 1.165) is 5.56 Å². The lowest BCUT2D eigenvalue weighted by Gasteiger charge is -2.35. The molecule has 3 rings (SSSR count). The van der Waals surface area contributed by atoms with Gasteiger partial charge in [-0.2, -0.15) is 10.5 Å². The van der Waals surface area contributed by atoms with Crippen LogP contribution in [0.25, 0.3) is 0 Å². The lowest BCUT2D eigenvalue weighted by Crippen LogP contribution is -2.37. The number of allylic oxidation sites excluding steroid dienone is 2. The van der Waals surface area contributed by atoms with E-state index in [1.165, 1.54) is 13.8 Å². The second kappa shape index (κ2) is 7.25. The van der Waals surface area contributed by atoms with Gasteiger partial charge in [0.2, 0.25) is 0 Å². The molecule has 0 spiro atoms. The number of fused-ring (bicyclic) bond motifs is 1. The quantitative estimate of drug-likeness (QED) is 0.603. The van der Waals surface area contributed by atoms with Crippen molar-refractivity contribution in [2.75, 3.05) is 0 Å². The topological polar surface area (TPSA) is 100 Å². The molecule has 1 fully saturated rings. The Balaban J connectivity index is 2.06.